The van der Waals surface area contributed by atoms with Crippen molar-refractivity contribution in [1.82, 2.24) is 20.9 Å². The van der Waals surface area contributed by atoms with Gasteiger partial charge < -0.3 is 31.6 Å². The lowest BCUT2D eigenvalue weighted by Gasteiger charge is -2.30. The Morgan fingerprint density at radius 2 is 1.70 bits per heavy atom. The molecule has 0 bridgehead atoms. The van der Waals surface area contributed by atoms with Crippen LogP contribution in [-0.2, 0) is 38.4 Å². The van der Waals surface area contributed by atoms with Gasteiger partial charge in [0.2, 0.25) is 5.91 Å². The molecule has 11 heteroatoms. The number of nitrogens with two attached hydrogens (primary N) is 1. The van der Waals surface area contributed by atoms with Crippen LogP contribution in [0.2, 0.25) is 0 Å². The van der Waals surface area contributed by atoms with E-state index in [1.165, 1.54) is 0 Å². The molecule has 5 atom stereocenters. The van der Waals surface area contributed by atoms with E-state index in [9.17, 15) is 29.4 Å². The largest absolute Gasteiger partial charge is 0.481 e. The molecule has 4 rings (SSSR count). The molecule has 44 heavy (non-hydrogen) atoms. The van der Waals surface area contributed by atoms with Crippen LogP contribution in [0, 0.1) is 18.8 Å². The molecule has 1 fully saturated rings. The molecule has 2 amide bonds. The number of carbonyl (C=O) groups is 4. The van der Waals surface area contributed by atoms with Crippen molar-refractivity contribution in [3.8, 4) is 0 Å². The molecule has 0 aliphatic carbocycles. The van der Waals surface area contributed by atoms with Crippen molar-refractivity contribution in [3.63, 3.8) is 0 Å². The standard InChI is InChI=1S/C33H45N5O6/c1-7-20-18(5)31(43)37-27(20)14-26-19(6)23(10-12-30(41)42)33(34,38-26)15-28-22(9-11-29(39)40)17(4)24(35-28)13-25-16(3)21(8-2)32(44)36-25/h8,14,18,20,25-26,35,38H,2,7,9-13,15,34H2,1,3-6H3,(H,36,44)(H,37,43)(H,39,40)(H,41,42)/b27-14-/t18-,20-,25-,26?,33-/m1/s1. The molecule has 0 saturated carbocycles. The van der Waals surface area contributed by atoms with Gasteiger partial charge >= 0.3 is 11.9 Å². The lowest BCUT2D eigenvalue weighted by Crippen LogP contribution is -2.55. The summed E-state index contributed by atoms with van der Waals surface area (Å²) in [5.41, 5.74) is 13.4. The average Bonchev–Trinajstić information content (AvgIpc) is 3.56. The van der Waals surface area contributed by atoms with E-state index in [0.29, 0.717) is 12.0 Å². The predicted molar refractivity (Wildman–Crippen MR) is 166 cm³/mol. The van der Waals surface area contributed by atoms with Crippen LogP contribution in [0.5, 0.6) is 0 Å². The monoisotopic (exact) mass is 607 g/mol. The van der Waals surface area contributed by atoms with Gasteiger partial charge in [0.1, 0.15) is 0 Å². The number of H-pyrrole nitrogens is 1. The number of rotatable bonds is 13. The number of aromatic nitrogens is 1. The Labute approximate surface area is 258 Å². The molecule has 4 heterocycles. The Balaban J connectivity index is 1.71. The molecular weight excluding hydrogens is 562 g/mol. The quantitative estimate of drug-likeness (QED) is 0.167. The van der Waals surface area contributed by atoms with Gasteiger partial charge in [-0.05, 0) is 68.4 Å². The second-order valence-electron chi connectivity index (χ2n) is 12.4. The van der Waals surface area contributed by atoms with Crippen LogP contribution in [0.4, 0.5) is 0 Å². The zero-order valence-corrected chi connectivity index (χ0v) is 26.2. The van der Waals surface area contributed by atoms with E-state index in [1.807, 2.05) is 40.7 Å². The number of amides is 2. The maximum absolute atomic E-state index is 12.4. The molecule has 11 nitrogen and oxygen atoms in total. The van der Waals surface area contributed by atoms with Crippen LogP contribution in [0.1, 0.15) is 75.9 Å². The van der Waals surface area contributed by atoms with Crippen molar-refractivity contribution in [2.24, 2.45) is 17.6 Å². The molecule has 1 unspecified atom stereocenters. The van der Waals surface area contributed by atoms with Gasteiger partial charge in [0.25, 0.3) is 5.91 Å². The minimum absolute atomic E-state index is 0.0194. The molecule has 0 aromatic carbocycles. The predicted octanol–water partition coefficient (Wildman–Crippen LogP) is 2.91. The third-order valence-corrected chi connectivity index (χ3v) is 9.68. The molecule has 238 valence electrons. The third kappa shape index (κ3) is 6.44. The fourth-order valence-corrected chi connectivity index (χ4v) is 7.05. The number of allylic oxidation sites excluding steroid dienone is 1. The minimum Gasteiger partial charge on any atom is -0.481 e. The minimum atomic E-state index is -1.13. The number of hydrogen-bond donors (Lipinski definition) is 7. The van der Waals surface area contributed by atoms with E-state index in [-0.39, 0.29) is 67.8 Å². The number of carbonyl (C=O) groups excluding carboxylic acids is 2. The van der Waals surface area contributed by atoms with Crippen LogP contribution in [-0.4, -0.2) is 56.7 Å². The number of aromatic amines is 1. The van der Waals surface area contributed by atoms with Gasteiger partial charge in [-0.15, -0.1) is 0 Å². The Morgan fingerprint density at radius 3 is 2.30 bits per heavy atom. The van der Waals surface area contributed by atoms with E-state index in [4.69, 9.17) is 5.73 Å². The lowest BCUT2D eigenvalue weighted by atomic mass is 9.88. The van der Waals surface area contributed by atoms with Crippen molar-refractivity contribution >= 4 is 23.8 Å². The van der Waals surface area contributed by atoms with Crippen molar-refractivity contribution in [1.29, 1.82) is 0 Å². The normalized spacial score (nSPS) is 27.8. The second-order valence-corrected chi connectivity index (χ2v) is 12.4. The highest BCUT2D eigenvalue weighted by molar-refractivity contribution is 6.00. The van der Waals surface area contributed by atoms with Crippen LogP contribution in [0.15, 0.2) is 46.7 Å². The molecule has 8 N–H and O–H groups in total. The number of carboxylic acids is 2. The zero-order valence-electron chi connectivity index (χ0n) is 26.2. The molecule has 3 aliphatic rings. The first-order chi connectivity index (χ1) is 20.7. The Hall–Kier alpha value is -3.96. The first-order valence-corrected chi connectivity index (χ1v) is 15.3. The maximum Gasteiger partial charge on any atom is 0.303 e. The molecule has 3 aliphatic heterocycles. The topological polar surface area (TPSA) is 187 Å². The summed E-state index contributed by atoms with van der Waals surface area (Å²) < 4.78 is 0. The van der Waals surface area contributed by atoms with Gasteiger partial charge in [-0.2, -0.15) is 0 Å². The smallest absolute Gasteiger partial charge is 0.303 e. The van der Waals surface area contributed by atoms with Gasteiger partial charge in [0.05, 0.1) is 17.7 Å². The van der Waals surface area contributed by atoms with Gasteiger partial charge in [0, 0.05) is 60.2 Å². The summed E-state index contributed by atoms with van der Waals surface area (Å²) in [5.74, 6) is -2.13. The summed E-state index contributed by atoms with van der Waals surface area (Å²) in [7, 11) is 0. The Kier molecular flexibility index (Phi) is 9.70. The van der Waals surface area contributed by atoms with Crippen molar-refractivity contribution in [2.45, 2.75) is 97.3 Å². The molecule has 0 spiro atoms. The van der Waals surface area contributed by atoms with E-state index < -0.39 is 17.6 Å². The van der Waals surface area contributed by atoms with E-state index in [0.717, 1.165) is 51.4 Å². The first-order valence-electron chi connectivity index (χ1n) is 15.3. The highest BCUT2D eigenvalue weighted by Crippen LogP contribution is 2.37. The first kappa shape index (κ1) is 32.9. The van der Waals surface area contributed by atoms with Gasteiger partial charge in [-0.1, -0.05) is 32.1 Å². The number of aliphatic carboxylic acids is 2. The van der Waals surface area contributed by atoms with E-state index in [1.54, 1.807) is 6.08 Å². The molecular formula is C33H45N5O6. The van der Waals surface area contributed by atoms with Crippen LogP contribution in [0.3, 0.4) is 0 Å². The van der Waals surface area contributed by atoms with Crippen molar-refractivity contribution in [2.75, 3.05) is 0 Å². The number of hydrogen-bond acceptors (Lipinski definition) is 6. The molecule has 1 saturated heterocycles. The lowest BCUT2D eigenvalue weighted by molar-refractivity contribution is -0.138. The molecule has 1 aromatic rings. The third-order valence-electron chi connectivity index (χ3n) is 9.68. The summed E-state index contributed by atoms with van der Waals surface area (Å²) >= 11 is 0. The van der Waals surface area contributed by atoms with E-state index in [2.05, 4.69) is 27.5 Å². The van der Waals surface area contributed by atoms with Gasteiger partial charge in [0.15, 0.2) is 0 Å². The van der Waals surface area contributed by atoms with Crippen LogP contribution < -0.4 is 21.7 Å². The van der Waals surface area contributed by atoms with E-state index >= 15 is 0 Å². The van der Waals surface area contributed by atoms with Gasteiger partial charge in [-0.25, -0.2) is 0 Å². The van der Waals surface area contributed by atoms with Crippen LogP contribution in [0.25, 0.3) is 0 Å². The summed E-state index contributed by atoms with van der Waals surface area (Å²) in [6.07, 6.45) is 5.45. The summed E-state index contributed by atoms with van der Waals surface area (Å²) in [5, 5.41) is 28.5. The van der Waals surface area contributed by atoms with Gasteiger partial charge in [-0.3, -0.25) is 24.5 Å². The Morgan fingerprint density at radius 1 is 1.05 bits per heavy atom. The Bertz CT molecular complexity index is 1480. The van der Waals surface area contributed by atoms with Crippen LogP contribution >= 0.6 is 0 Å². The summed E-state index contributed by atoms with van der Waals surface area (Å²) in [6, 6.07) is -0.556. The average molecular weight is 608 g/mol. The number of carboxylic acid groups (broad SMARTS) is 2. The SMILES string of the molecule is C=CC1=C(C)[C@@H](Cc2[nH]c(C[C@@]3(N)NC(/C=C4\NC(=O)[C@H](C)[C@H]4CC)C(C)=C3CCC(=O)O)c(CCC(=O)O)c2C)NC1=O. The summed E-state index contributed by atoms with van der Waals surface area (Å²) in [4.78, 5) is 51.6. The molecule has 0 radical (unpaired) electrons. The zero-order chi connectivity index (χ0) is 32.5. The maximum atomic E-state index is 12.4. The molecule has 1 aromatic heterocycles. The fourth-order valence-electron chi connectivity index (χ4n) is 7.05. The van der Waals surface area contributed by atoms with Crippen molar-refractivity contribution in [3.05, 3.63) is 69.2 Å². The highest BCUT2D eigenvalue weighted by Gasteiger charge is 2.43. The second kappa shape index (κ2) is 13.0. The fraction of sp³-hybridized carbons (Fsp3) is 0.515. The highest BCUT2D eigenvalue weighted by atomic mass is 16.4. The summed E-state index contributed by atoms with van der Waals surface area (Å²) in [6.45, 7) is 13.5. The number of nitrogens with one attached hydrogen (secondary N) is 4. The van der Waals surface area contributed by atoms with Crippen molar-refractivity contribution < 1.29 is 29.4 Å².